The van der Waals surface area contributed by atoms with Crippen LogP contribution in [0.15, 0.2) is 66.7 Å². The molecule has 0 unspecified atom stereocenters. The zero-order chi connectivity index (χ0) is 25.2. The minimum absolute atomic E-state index is 0.00943. The molecule has 0 aliphatic carbocycles. The highest BCUT2D eigenvalue weighted by Gasteiger charge is 2.27. The predicted octanol–water partition coefficient (Wildman–Crippen LogP) is 6.88. The lowest BCUT2D eigenvalue weighted by atomic mass is 9.96. The lowest BCUT2D eigenvalue weighted by Crippen LogP contribution is -2.49. The van der Waals surface area contributed by atoms with E-state index in [9.17, 15) is 4.79 Å². The average molecular weight is 520 g/mol. The van der Waals surface area contributed by atoms with Crippen molar-refractivity contribution in [3.63, 3.8) is 0 Å². The van der Waals surface area contributed by atoms with Crippen LogP contribution in [0.25, 0.3) is 22.2 Å². The highest BCUT2D eigenvalue weighted by molar-refractivity contribution is 6.36. The number of anilines is 1. The van der Waals surface area contributed by atoms with E-state index >= 15 is 0 Å². The van der Waals surface area contributed by atoms with Crippen molar-refractivity contribution in [2.45, 2.75) is 13.8 Å². The Hall–Kier alpha value is -3.28. The number of rotatable bonds is 5. The van der Waals surface area contributed by atoms with Crippen molar-refractivity contribution < 1.29 is 9.53 Å². The fraction of sp³-hybridized carbons (Fsp3) is 0.241. The Labute approximate surface area is 221 Å². The molecule has 0 N–H and O–H groups in total. The molecule has 0 saturated carbocycles. The van der Waals surface area contributed by atoms with Gasteiger partial charge in [-0.25, -0.2) is 4.98 Å². The number of hydrogen-bond acceptors (Lipinski definition) is 4. The van der Waals surface area contributed by atoms with Gasteiger partial charge in [0, 0.05) is 42.2 Å². The molecule has 7 heteroatoms. The number of aromatic nitrogens is 1. The predicted molar refractivity (Wildman–Crippen MR) is 148 cm³/mol. The van der Waals surface area contributed by atoms with Crippen LogP contribution in [0.1, 0.15) is 22.8 Å². The summed E-state index contributed by atoms with van der Waals surface area (Å²) in [6.45, 7) is 7.24. The van der Waals surface area contributed by atoms with Crippen LogP contribution >= 0.6 is 23.2 Å². The second kappa shape index (κ2) is 10.4. The fourth-order valence-corrected chi connectivity index (χ4v) is 5.33. The van der Waals surface area contributed by atoms with Crippen LogP contribution in [-0.4, -0.2) is 48.6 Å². The monoisotopic (exact) mass is 519 g/mol. The second-order valence-electron chi connectivity index (χ2n) is 8.78. The summed E-state index contributed by atoms with van der Waals surface area (Å²) in [5.41, 5.74) is 4.77. The molecule has 0 spiro atoms. The standard InChI is InChI=1S/C29H27Cl2N3O2/c1-3-36-26-11-7-6-10-25(26)33-14-16-34(17-15-33)29(35)27-19(2)28(21-13-12-20(30)18-23(21)31)32-24-9-5-4-8-22(24)27/h4-13,18H,3,14-17H2,1-2H3. The molecule has 184 valence electrons. The first kappa shape index (κ1) is 24.4. The topological polar surface area (TPSA) is 45.7 Å². The zero-order valence-corrected chi connectivity index (χ0v) is 21.8. The highest BCUT2D eigenvalue weighted by Crippen LogP contribution is 2.36. The number of piperazine rings is 1. The molecule has 0 bridgehead atoms. The van der Waals surface area contributed by atoms with Gasteiger partial charge in [-0.1, -0.05) is 53.5 Å². The first-order valence-electron chi connectivity index (χ1n) is 12.1. The summed E-state index contributed by atoms with van der Waals surface area (Å²) in [7, 11) is 0. The Morgan fingerprint density at radius 2 is 1.69 bits per heavy atom. The normalized spacial score (nSPS) is 13.8. The number of carbonyl (C=O) groups excluding carboxylic acids is 1. The molecule has 1 saturated heterocycles. The molecule has 0 radical (unpaired) electrons. The van der Waals surface area contributed by atoms with E-state index in [0.717, 1.165) is 46.6 Å². The Morgan fingerprint density at radius 1 is 0.972 bits per heavy atom. The molecular formula is C29H27Cl2N3O2. The van der Waals surface area contributed by atoms with Gasteiger partial charge in [0.25, 0.3) is 5.91 Å². The molecule has 36 heavy (non-hydrogen) atoms. The van der Waals surface area contributed by atoms with Crippen molar-refractivity contribution in [2.75, 3.05) is 37.7 Å². The number of ether oxygens (including phenoxy) is 1. The van der Waals surface area contributed by atoms with Crippen molar-refractivity contribution in [1.29, 1.82) is 0 Å². The van der Waals surface area contributed by atoms with Gasteiger partial charge in [-0.2, -0.15) is 0 Å². The Morgan fingerprint density at radius 3 is 2.44 bits per heavy atom. The minimum atomic E-state index is 0.00943. The van der Waals surface area contributed by atoms with Crippen LogP contribution in [0.2, 0.25) is 10.0 Å². The van der Waals surface area contributed by atoms with Gasteiger partial charge in [0.05, 0.1) is 34.1 Å². The van der Waals surface area contributed by atoms with Crippen molar-refractivity contribution in [1.82, 2.24) is 9.88 Å². The number of pyridine rings is 1. The molecule has 3 aromatic carbocycles. The molecule has 1 aromatic heterocycles. The summed E-state index contributed by atoms with van der Waals surface area (Å²) >= 11 is 12.7. The van der Waals surface area contributed by atoms with Crippen molar-refractivity contribution in [2.24, 2.45) is 0 Å². The molecule has 5 rings (SSSR count). The molecule has 1 aliphatic heterocycles. The number of hydrogen-bond donors (Lipinski definition) is 0. The number of amides is 1. The van der Waals surface area contributed by atoms with Gasteiger partial charge in [0.15, 0.2) is 0 Å². The van der Waals surface area contributed by atoms with Crippen molar-refractivity contribution in [3.05, 3.63) is 87.9 Å². The number of benzene rings is 3. The summed E-state index contributed by atoms with van der Waals surface area (Å²) in [6, 6.07) is 21.2. The van der Waals surface area contributed by atoms with E-state index in [0.29, 0.717) is 41.0 Å². The largest absolute Gasteiger partial charge is 0.492 e. The SMILES string of the molecule is CCOc1ccccc1N1CCN(C(=O)c2c(C)c(-c3ccc(Cl)cc3Cl)nc3ccccc23)CC1. The van der Waals surface area contributed by atoms with Crippen LogP contribution in [0, 0.1) is 6.92 Å². The number of fused-ring (bicyclic) bond motifs is 1. The van der Waals surface area contributed by atoms with Gasteiger partial charge in [0.2, 0.25) is 0 Å². The first-order chi connectivity index (χ1) is 17.5. The third-order valence-electron chi connectivity index (χ3n) is 6.61. The van der Waals surface area contributed by atoms with E-state index in [1.54, 1.807) is 12.1 Å². The van der Waals surface area contributed by atoms with Crippen LogP contribution in [0.3, 0.4) is 0 Å². The van der Waals surface area contributed by atoms with Gasteiger partial charge in [-0.15, -0.1) is 0 Å². The Balaban J connectivity index is 1.48. The molecule has 2 heterocycles. The molecule has 4 aromatic rings. The first-order valence-corrected chi connectivity index (χ1v) is 12.8. The molecular weight excluding hydrogens is 493 g/mol. The maximum Gasteiger partial charge on any atom is 0.255 e. The smallest absolute Gasteiger partial charge is 0.255 e. The van der Waals surface area contributed by atoms with E-state index in [4.69, 9.17) is 32.9 Å². The lowest BCUT2D eigenvalue weighted by Gasteiger charge is -2.37. The summed E-state index contributed by atoms with van der Waals surface area (Å²) in [6.07, 6.45) is 0. The van der Waals surface area contributed by atoms with Crippen LogP contribution in [0.5, 0.6) is 5.75 Å². The van der Waals surface area contributed by atoms with Crippen LogP contribution in [-0.2, 0) is 0 Å². The number of halogens is 2. The van der Waals surface area contributed by atoms with Gasteiger partial charge >= 0.3 is 0 Å². The Kier molecular flexibility index (Phi) is 7.04. The number of carbonyl (C=O) groups is 1. The summed E-state index contributed by atoms with van der Waals surface area (Å²) in [5.74, 6) is 0.885. The summed E-state index contributed by atoms with van der Waals surface area (Å²) < 4.78 is 5.82. The summed E-state index contributed by atoms with van der Waals surface area (Å²) in [4.78, 5) is 23.1. The third-order valence-corrected chi connectivity index (χ3v) is 7.16. The maximum atomic E-state index is 14.0. The molecule has 1 fully saturated rings. The molecule has 0 atom stereocenters. The zero-order valence-electron chi connectivity index (χ0n) is 20.3. The van der Waals surface area contributed by atoms with E-state index in [1.807, 2.05) is 67.3 Å². The van der Waals surface area contributed by atoms with Gasteiger partial charge < -0.3 is 14.5 Å². The van der Waals surface area contributed by atoms with Gasteiger partial charge in [0.1, 0.15) is 5.75 Å². The molecule has 5 nitrogen and oxygen atoms in total. The van der Waals surface area contributed by atoms with Crippen LogP contribution in [0.4, 0.5) is 5.69 Å². The van der Waals surface area contributed by atoms with Gasteiger partial charge in [-0.05, 0) is 55.8 Å². The van der Waals surface area contributed by atoms with E-state index < -0.39 is 0 Å². The second-order valence-corrected chi connectivity index (χ2v) is 9.63. The highest BCUT2D eigenvalue weighted by atomic mass is 35.5. The molecule has 1 amide bonds. The van der Waals surface area contributed by atoms with Crippen LogP contribution < -0.4 is 9.64 Å². The number of para-hydroxylation sites is 3. The van der Waals surface area contributed by atoms with E-state index in [2.05, 4.69) is 11.0 Å². The molecule has 1 aliphatic rings. The minimum Gasteiger partial charge on any atom is -0.492 e. The Bertz CT molecular complexity index is 1430. The lowest BCUT2D eigenvalue weighted by molar-refractivity contribution is 0.0748. The quantitative estimate of drug-likeness (QED) is 0.288. The number of nitrogens with zero attached hydrogens (tertiary/aromatic N) is 3. The van der Waals surface area contributed by atoms with E-state index in [1.165, 1.54) is 0 Å². The van der Waals surface area contributed by atoms with Crippen molar-refractivity contribution in [3.8, 4) is 17.0 Å². The van der Waals surface area contributed by atoms with Gasteiger partial charge in [-0.3, -0.25) is 4.79 Å². The third kappa shape index (κ3) is 4.61. The van der Waals surface area contributed by atoms with E-state index in [-0.39, 0.29) is 5.91 Å². The average Bonchev–Trinajstić information content (AvgIpc) is 2.89. The maximum absolute atomic E-state index is 14.0. The fourth-order valence-electron chi connectivity index (χ4n) is 4.83. The van der Waals surface area contributed by atoms with Crippen molar-refractivity contribution >= 4 is 45.7 Å². The summed E-state index contributed by atoms with van der Waals surface area (Å²) in [5, 5.41) is 1.91.